The molecular weight excluding hydrogens is 669 g/mol. The molecule has 1 aliphatic heterocycles. The molecule has 0 radical (unpaired) electrons. The van der Waals surface area contributed by atoms with Gasteiger partial charge in [0.25, 0.3) is 0 Å². The van der Waals surface area contributed by atoms with Gasteiger partial charge in [-0.05, 0) is 22.3 Å². The Morgan fingerprint density at radius 2 is 1.20 bits per heavy atom. The molecule has 51 heavy (non-hydrogen) atoms. The molecule has 0 unspecified atom stereocenters. The Morgan fingerprint density at radius 3 is 1.69 bits per heavy atom. The lowest BCUT2D eigenvalue weighted by Gasteiger charge is -2.46. The molecule has 1 N–H and O–H groups in total. The molecule has 0 saturated carbocycles. The highest BCUT2D eigenvalue weighted by Crippen LogP contribution is 2.56. The van der Waals surface area contributed by atoms with Crippen molar-refractivity contribution in [3.8, 4) is 0 Å². The second-order valence-electron chi connectivity index (χ2n) is 12.4. The van der Waals surface area contributed by atoms with Crippen molar-refractivity contribution in [1.82, 2.24) is 5.32 Å². The number of hydrogen-bond donors (Lipinski definition) is 1. The summed E-state index contributed by atoms with van der Waals surface area (Å²) in [4.78, 5) is 12.9. The molecule has 272 valence electrons. The van der Waals surface area contributed by atoms with Crippen LogP contribution in [0.15, 0.2) is 121 Å². The zero-order chi connectivity index (χ0) is 35.9. The quantitative estimate of drug-likeness (QED) is 0.102. The topological polar surface area (TPSA) is 111 Å². The van der Waals surface area contributed by atoms with Gasteiger partial charge in [-0.15, -0.1) is 0 Å². The second kappa shape index (κ2) is 19.8. The molecule has 1 amide bonds. The minimum atomic E-state index is -3.80. The third-order valence-electron chi connectivity index (χ3n) is 8.72. The van der Waals surface area contributed by atoms with Crippen molar-refractivity contribution in [2.24, 2.45) is 0 Å². The van der Waals surface area contributed by atoms with E-state index in [1.807, 2.05) is 121 Å². The summed E-state index contributed by atoms with van der Waals surface area (Å²) in [6.45, 7) is 2.61. The summed E-state index contributed by atoms with van der Waals surface area (Å²) in [5.41, 5.74) is 3.83. The van der Waals surface area contributed by atoms with Crippen LogP contribution in [-0.2, 0) is 68.5 Å². The average molecular weight is 718 g/mol. The molecule has 6 atom stereocenters. The summed E-state index contributed by atoms with van der Waals surface area (Å²) in [5.74, 6) is -1.32. The standard InChI is InChI=1S/C40H48NO9P/c1-30(42)41-38-35(47-26-32-18-10-5-11-19-32)24-37(51(43,44-2)45-3)50-40(38)39(49-28-34-22-14-7-15-23-34)36(48-27-33-20-12-6-13-21-33)29-46-25-31-16-8-4-9-17-31/h4-23,35-40H,24-29H2,1-3H3,(H,41,42)/t35-,36+,37+,38+,39+,40+/m0/s1. The van der Waals surface area contributed by atoms with Crippen LogP contribution in [0.2, 0.25) is 0 Å². The van der Waals surface area contributed by atoms with E-state index in [1.165, 1.54) is 21.1 Å². The highest BCUT2D eigenvalue weighted by molar-refractivity contribution is 7.54. The van der Waals surface area contributed by atoms with Gasteiger partial charge in [0.15, 0.2) is 5.85 Å². The third-order valence-corrected chi connectivity index (χ3v) is 10.8. The first-order chi connectivity index (χ1) is 24.9. The predicted molar refractivity (Wildman–Crippen MR) is 194 cm³/mol. The van der Waals surface area contributed by atoms with Gasteiger partial charge in [-0.3, -0.25) is 9.36 Å². The molecule has 1 fully saturated rings. The van der Waals surface area contributed by atoms with Crippen molar-refractivity contribution in [2.75, 3.05) is 20.8 Å². The van der Waals surface area contributed by atoms with Gasteiger partial charge in [-0.2, -0.15) is 0 Å². The van der Waals surface area contributed by atoms with Crippen LogP contribution in [0.5, 0.6) is 0 Å². The number of benzene rings is 4. The van der Waals surface area contributed by atoms with Crippen LogP contribution in [0.1, 0.15) is 35.6 Å². The first-order valence-electron chi connectivity index (χ1n) is 17.1. The fourth-order valence-electron chi connectivity index (χ4n) is 6.10. The molecule has 1 aliphatic rings. The van der Waals surface area contributed by atoms with Crippen molar-refractivity contribution in [2.45, 2.75) is 76.1 Å². The van der Waals surface area contributed by atoms with Gasteiger partial charge in [0.1, 0.15) is 18.3 Å². The number of rotatable bonds is 19. The van der Waals surface area contributed by atoms with Crippen LogP contribution in [0.4, 0.5) is 0 Å². The molecule has 1 saturated heterocycles. The average Bonchev–Trinajstić information content (AvgIpc) is 3.17. The number of carbonyl (C=O) groups excluding carboxylic acids is 1. The Hall–Kier alpha value is -3.70. The molecule has 0 aliphatic carbocycles. The van der Waals surface area contributed by atoms with Gasteiger partial charge in [-0.1, -0.05) is 121 Å². The molecule has 4 aromatic rings. The number of nitrogens with one attached hydrogen (secondary N) is 1. The Kier molecular flexibility index (Phi) is 14.9. The normalized spacial score (nSPS) is 20.4. The van der Waals surface area contributed by atoms with Gasteiger partial charge in [0.05, 0.1) is 45.2 Å². The lowest BCUT2D eigenvalue weighted by atomic mass is 9.92. The van der Waals surface area contributed by atoms with E-state index in [0.717, 1.165) is 22.3 Å². The first kappa shape index (κ1) is 38.5. The summed E-state index contributed by atoms with van der Waals surface area (Å²) in [7, 11) is -1.14. The molecular formula is C40H48NO9P. The minimum Gasteiger partial charge on any atom is -0.374 e. The number of ether oxygens (including phenoxy) is 5. The van der Waals surface area contributed by atoms with E-state index in [0.29, 0.717) is 6.61 Å². The molecule has 5 rings (SSSR count). The van der Waals surface area contributed by atoms with Gasteiger partial charge >= 0.3 is 7.60 Å². The first-order valence-corrected chi connectivity index (χ1v) is 18.7. The molecule has 0 bridgehead atoms. The SMILES string of the molecule is COP(=O)(OC)[C@@H]1C[C@H](OCc2ccccc2)[C@@H](NC(C)=O)[C@H]([C@H](OCc2ccccc2)[C@@H](COCc2ccccc2)OCc2ccccc2)O1. The van der Waals surface area contributed by atoms with Crippen molar-refractivity contribution < 1.29 is 42.1 Å². The number of carbonyl (C=O) groups is 1. The Labute approximate surface area is 300 Å². The summed E-state index contributed by atoms with van der Waals surface area (Å²) in [6.07, 6.45) is -3.04. The van der Waals surface area contributed by atoms with E-state index in [1.54, 1.807) is 0 Å². The molecule has 1 heterocycles. The van der Waals surface area contributed by atoms with Crippen molar-refractivity contribution in [3.63, 3.8) is 0 Å². The van der Waals surface area contributed by atoms with E-state index in [2.05, 4.69) is 5.32 Å². The Balaban J connectivity index is 1.53. The molecule has 11 heteroatoms. The summed E-state index contributed by atoms with van der Waals surface area (Å²) in [6, 6.07) is 38.4. The second-order valence-corrected chi connectivity index (χ2v) is 14.7. The maximum Gasteiger partial charge on any atom is 0.358 e. The predicted octanol–water partition coefficient (Wildman–Crippen LogP) is 7.07. The zero-order valence-electron chi connectivity index (χ0n) is 29.4. The van der Waals surface area contributed by atoms with E-state index >= 15 is 0 Å². The highest BCUT2D eigenvalue weighted by atomic mass is 31.2. The van der Waals surface area contributed by atoms with Gasteiger partial charge < -0.3 is 38.0 Å². The smallest absolute Gasteiger partial charge is 0.358 e. The van der Waals surface area contributed by atoms with E-state index in [-0.39, 0.29) is 38.8 Å². The summed E-state index contributed by atoms with van der Waals surface area (Å²) < 4.78 is 57.9. The van der Waals surface area contributed by atoms with Crippen LogP contribution in [0.3, 0.4) is 0 Å². The Morgan fingerprint density at radius 1 is 0.725 bits per heavy atom. The van der Waals surface area contributed by atoms with Crippen molar-refractivity contribution in [3.05, 3.63) is 144 Å². The van der Waals surface area contributed by atoms with Crippen molar-refractivity contribution in [1.29, 1.82) is 0 Å². The summed E-state index contributed by atoms with van der Waals surface area (Å²) >= 11 is 0. The van der Waals surface area contributed by atoms with Crippen molar-refractivity contribution >= 4 is 13.5 Å². The lowest BCUT2D eigenvalue weighted by Crippen LogP contribution is -2.63. The Bertz CT molecular complexity index is 1620. The zero-order valence-corrected chi connectivity index (χ0v) is 30.3. The van der Waals surface area contributed by atoms with E-state index in [4.69, 9.17) is 32.7 Å². The molecule has 4 aromatic carbocycles. The largest absolute Gasteiger partial charge is 0.374 e. The number of hydrogen-bond acceptors (Lipinski definition) is 9. The lowest BCUT2D eigenvalue weighted by molar-refractivity contribution is -0.208. The fourth-order valence-corrected chi connectivity index (χ4v) is 7.47. The van der Waals surface area contributed by atoms with Crippen LogP contribution >= 0.6 is 7.60 Å². The van der Waals surface area contributed by atoms with E-state index in [9.17, 15) is 9.36 Å². The van der Waals surface area contributed by atoms with Gasteiger partial charge in [0, 0.05) is 27.6 Å². The maximum absolute atomic E-state index is 14.0. The van der Waals surface area contributed by atoms with Gasteiger partial charge in [0.2, 0.25) is 5.91 Å². The molecule has 0 aromatic heterocycles. The molecule has 10 nitrogen and oxygen atoms in total. The third kappa shape index (κ3) is 11.4. The maximum atomic E-state index is 14.0. The van der Waals surface area contributed by atoms with Gasteiger partial charge in [-0.25, -0.2) is 0 Å². The van der Waals surface area contributed by atoms with Crippen LogP contribution < -0.4 is 5.32 Å². The van der Waals surface area contributed by atoms with E-state index < -0.39 is 43.9 Å². The molecule has 0 spiro atoms. The monoisotopic (exact) mass is 717 g/mol. The van der Waals surface area contributed by atoms with Crippen LogP contribution in [0.25, 0.3) is 0 Å². The van der Waals surface area contributed by atoms with Crippen LogP contribution in [0, 0.1) is 0 Å². The highest BCUT2D eigenvalue weighted by Gasteiger charge is 2.52. The van der Waals surface area contributed by atoms with Crippen LogP contribution in [-0.4, -0.2) is 63.0 Å². The summed E-state index contributed by atoms with van der Waals surface area (Å²) in [5, 5.41) is 3.08. The number of amides is 1. The minimum absolute atomic E-state index is 0.124. The fraction of sp³-hybridized carbons (Fsp3) is 0.375.